The first-order chi connectivity index (χ1) is 9.79. The normalized spacial score (nSPS) is 28.9. The molecular formula is C19H39NO. The van der Waals surface area contributed by atoms with Gasteiger partial charge in [0.25, 0.3) is 0 Å². The fraction of sp³-hybridized carbons (Fsp3) is 1.00. The summed E-state index contributed by atoms with van der Waals surface area (Å²) in [5, 5.41) is 10.5. The zero-order valence-corrected chi connectivity index (χ0v) is 15.4. The molecule has 0 saturated heterocycles. The van der Waals surface area contributed by atoms with Crippen molar-refractivity contribution in [3.63, 3.8) is 0 Å². The van der Waals surface area contributed by atoms with Crippen molar-refractivity contribution in [3.05, 3.63) is 0 Å². The van der Waals surface area contributed by atoms with Gasteiger partial charge in [0, 0.05) is 12.6 Å². The van der Waals surface area contributed by atoms with Gasteiger partial charge in [-0.2, -0.15) is 0 Å². The van der Waals surface area contributed by atoms with Gasteiger partial charge in [0.2, 0.25) is 0 Å². The summed E-state index contributed by atoms with van der Waals surface area (Å²) in [5.41, 5.74) is 0.378. The molecule has 1 N–H and O–H groups in total. The minimum absolute atomic E-state index is 0.0863. The zero-order valence-electron chi connectivity index (χ0n) is 15.4. The number of nitrogens with zero attached hydrogens (tertiary/aromatic N) is 1. The van der Waals surface area contributed by atoms with Gasteiger partial charge >= 0.3 is 0 Å². The van der Waals surface area contributed by atoms with E-state index in [1.807, 2.05) is 0 Å². The molecule has 1 fully saturated rings. The Bertz CT molecular complexity index is 284. The Hall–Kier alpha value is -0.0800. The van der Waals surface area contributed by atoms with Crippen LogP contribution in [0, 0.1) is 17.3 Å². The zero-order chi connectivity index (χ0) is 16.0. The van der Waals surface area contributed by atoms with Crippen molar-refractivity contribution in [2.75, 3.05) is 13.1 Å². The van der Waals surface area contributed by atoms with E-state index >= 15 is 0 Å². The van der Waals surface area contributed by atoms with Crippen LogP contribution in [0.1, 0.15) is 80.1 Å². The number of rotatable bonds is 7. The van der Waals surface area contributed by atoms with Crippen LogP contribution in [0.4, 0.5) is 0 Å². The van der Waals surface area contributed by atoms with E-state index in [9.17, 15) is 5.11 Å². The lowest BCUT2D eigenvalue weighted by Crippen LogP contribution is -2.44. The van der Waals surface area contributed by atoms with Gasteiger partial charge in [-0.05, 0) is 62.8 Å². The molecule has 4 unspecified atom stereocenters. The molecule has 1 aliphatic carbocycles. The summed E-state index contributed by atoms with van der Waals surface area (Å²) in [6.07, 6.45) is 7.03. The largest absolute Gasteiger partial charge is 0.393 e. The highest BCUT2D eigenvalue weighted by Crippen LogP contribution is 2.40. The Morgan fingerprint density at radius 3 is 2.38 bits per heavy atom. The number of unbranched alkanes of at least 4 members (excludes halogenated alkanes) is 1. The molecule has 126 valence electrons. The van der Waals surface area contributed by atoms with Gasteiger partial charge in [0.05, 0.1) is 6.10 Å². The van der Waals surface area contributed by atoms with Crippen molar-refractivity contribution in [1.82, 2.24) is 4.90 Å². The highest BCUT2D eigenvalue weighted by Gasteiger charge is 2.36. The summed E-state index contributed by atoms with van der Waals surface area (Å²) >= 11 is 0. The standard InChI is InChI=1S/C19H39NO/c1-7-9-12-20(15(3)8-2)14-16-13-17(19(4,5)6)10-11-18(16)21/h15-18,21H,7-14H2,1-6H3. The summed E-state index contributed by atoms with van der Waals surface area (Å²) in [6, 6.07) is 0.638. The van der Waals surface area contributed by atoms with Crippen LogP contribution in [-0.2, 0) is 0 Å². The number of hydrogen-bond acceptors (Lipinski definition) is 2. The summed E-state index contributed by atoms with van der Waals surface area (Å²) in [7, 11) is 0. The Balaban J connectivity index is 2.66. The van der Waals surface area contributed by atoms with E-state index < -0.39 is 0 Å². The van der Waals surface area contributed by atoms with Gasteiger partial charge in [0.15, 0.2) is 0 Å². The molecule has 0 aromatic heterocycles. The third-order valence-corrected chi connectivity index (χ3v) is 5.65. The number of aliphatic hydroxyl groups is 1. The predicted octanol–water partition coefficient (Wildman–Crippen LogP) is 4.71. The average Bonchev–Trinajstić information content (AvgIpc) is 2.43. The average molecular weight is 298 g/mol. The van der Waals surface area contributed by atoms with E-state index in [0.717, 1.165) is 18.9 Å². The Kier molecular flexibility index (Phi) is 7.70. The van der Waals surface area contributed by atoms with Gasteiger partial charge < -0.3 is 10.0 Å². The second kappa shape index (κ2) is 8.53. The van der Waals surface area contributed by atoms with Crippen molar-refractivity contribution >= 4 is 0 Å². The lowest BCUT2D eigenvalue weighted by molar-refractivity contribution is -0.00262. The molecule has 0 aliphatic heterocycles. The van der Waals surface area contributed by atoms with E-state index in [4.69, 9.17) is 0 Å². The van der Waals surface area contributed by atoms with Gasteiger partial charge in [-0.3, -0.25) is 0 Å². The molecule has 0 aromatic carbocycles. The van der Waals surface area contributed by atoms with Crippen LogP contribution in [0.5, 0.6) is 0 Å². The van der Waals surface area contributed by atoms with Crippen molar-refractivity contribution in [1.29, 1.82) is 0 Å². The second-order valence-corrected chi connectivity index (χ2v) is 8.31. The van der Waals surface area contributed by atoms with Crippen LogP contribution >= 0.6 is 0 Å². The lowest BCUT2D eigenvalue weighted by atomic mass is 9.68. The molecule has 1 saturated carbocycles. The predicted molar refractivity (Wildman–Crippen MR) is 92.5 cm³/mol. The van der Waals surface area contributed by atoms with E-state index in [-0.39, 0.29) is 6.10 Å². The van der Waals surface area contributed by atoms with E-state index in [1.54, 1.807) is 0 Å². The van der Waals surface area contributed by atoms with Crippen molar-refractivity contribution in [2.24, 2.45) is 17.3 Å². The Morgan fingerprint density at radius 2 is 1.86 bits per heavy atom. The molecule has 2 heteroatoms. The minimum atomic E-state index is -0.0863. The molecule has 0 spiro atoms. The summed E-state index contributed by atoms with van der Waals surface area (Å²) in [6.45, 7) is 16.2. The van der Waals surface area contributed by atoms with Crippen LogP contribution < -0.4 is 0 Å². The smallest absolute Gasteiger partial charge is 0.0580 e. The first kappa shape index (κ1) is 19.0. The monoisotopic (exact) mass is 297 g/mol. The SMILES string of the molecule is CCCCN(CC1CC(C(C)(C)C)CCC1O)C(C)CC. The topological polar surface area (TPSA) is 23.5 Å². The van der Waals surface area contributed by atoms with Crippen LogP contribution in [0.2, 0.25) is 0 Å². The second-order valence-electron chi connectivity index (χ2n) is 8.31. The Morgan fingerprint density at radius 1 is 1.19 bits per heavy atom. The van der Waals surface area contributed by atoms with Crippen molar-refractivity contribution in [2.45, 2.75) is 92.2 Å². The van der Waals surface area contributed by atoms with Gasteiger partial charge in [-0.15, -0.1) is 0 Å². The number of hydrogen-bond donors (Lipinski definition) is 1. The fourth-order valence-electron chi connectivity index (χ4n) is 3.64. The van der Waals surface area contributed by atoms with Gasteiger partial charge in [0.1, 0.15) is 0 Å². The van der Waals surface area contributed by atoms with Gasteiger partial charge in [-0.1, -0.05) is 41.0 Å². The minimum Gasteiger partial charge on any atom is -0.393 e. The third kappa shape index (κ3) is 5.90. The highest BCUT2D eigenvalue weighted by molar-refractivity contribution is 4.87. The molecule has 0 radical (unpaired) electrons. The molecule has 0 aromatic rings. The van der Waals surface area contributed by atoms with Gasteiger partial charge in [-0.25, -0.2) is 0 Å². The first-order valence-electron chi connectivity index (χ1n) is 9.21. The van der Waals surface area contributed by atoms with E-state index in [2.05, 4.69) is 46.4 Å². The summed E-state index contributed by atoms with van der Waals surface area (Å²) < 4.78 is 0. The maximum atomic E-state index is 10.5. The number of aliphatic hydroxyl groups excluding tert-OH is 1. The third-order valence-electron chi connectivity index (χ3n) is 5.65. The van der Waals surface area contributed by atoms with Crippen molar-refractivity contribution < 1.29 is 5.11 Å². The molecule has 2 nitrogen and oxygen atoms in total. The molecule has 1 aliphatic rings. The van der Waals surface area contributed by atoms with E-state index in [1.165, 1.54) is 38.6 Å². The van der Waals surface area contributed by atoms with Crippen LogP contribution in [-0.4, -0.2) is 35.2 Å². The molecule has 1 rings (SSSR count). The van der Waals surface area contributed by atoms with Crippen LogP contribution in [0.15, 0.2) is 0 Å². The van der Waals surface area contributed by atoms with E-state index in [0.29, 0.717) is 17.4 Å². The molecule has 0 bridgehead atoms. The fourth-order valence-corrected chi connectivity index (χ4v) is 3.64. The molecule has 0 heterocycles. The van der Waals surface area contributed by atoms with Crippen LogP contribution in [0.25, 0.3) is 0 Å². The molecule has 0 amide bonds. The highest BCUT2D eigenvalue weighted by atomic mass is 16.3. The van der Waals surface area contributed by atoms with Crippen LogP contribution in [0.3, 0.4) is 0 Å². The molecule has 4 atom stereocenters. The first-order valence-corrected chi connectivity index (χ1v) is 9.21. The summed E-state index contributed by atoms with van der Waals surface area (Å²) in [5.74, 6) is 1.23. The molecule has 21 heavy (non-hydrogen) atoms. The lowest BCUT2D eigenvalue weighted by Gasteiger charge is -2.42. The maximum Gasteiger partial charge on any atom is 0.0580 e. The summed E-state index contributed by atoms with van der Waals surface area (Å²) in [4.78, 5) is 2.63. The van der Waals surface area contributed by atoms with Crippen molar-refractivity contribution in [3.8, 4) is 0 Å². The molecular weight excluding hydrogens is 258 g/mol. The quantitative estimate of drug-likeness (QED) is 0.735. The Labute approximate surface area is 133 Å². The maximum absolute atomic E-state index is 10.5.